The molecule has 4 unspecified atom stereocenters. The highest BCUT2D eigenvalue weighted by Gasteiger charge is 2.72. The van der Waals surface area contributed by atoms with E-state index < -0.39 is 71.3 Å². The quantitative estimate of drug-likeness (QED) is 0.262. The van der Waals surface area contributed by atoms with Crippen molar-refractivity contribution >= 4 is 43.7 Å². The normalized spacial score (nSPS) is 41.5. The van der Waals surface area contributed by atoms with E-state index in [2.05, 4.69) is 21.3 Å². The lowest BCUT2D eigenvalue weighted by Crippen LogP contribution is -2.80. The van der Waals surface area contributed by atoms with Crippen LogP contribution in [0.25, 0.3) is 0 Å². The molecule has 0 aromatic rings. The maximum Gasteiger partial charge on any atom is 0.243 e. The number of carbonyl (C=O) groups excluding carboxylic acids is 4. The van der Waals surface area contributed by atoms with Gasteiger partial charge in [-0.25, -0.2) is 16.8 Å². The van der Waals surface area contributed by atoms with Crippen LogP contribution in [-0.2, 0) is 39.2 Å². The van der Waals surface area contributed by atoms with E-state index in [9.17, 15) is 36.0 Å². The molecule has 6 rings (SSSR count). The molecule has 6 aliphatic heterocycles. The first-order chi connectivity index (χ1) is 15.8. The molecule has 6 saturated heterocycles. The van der Waals surface area contributed by atoms with Gasteiger partial charge in [0.15, 0.2) is 0 Å². The second kappa shape index (κ2) is 6.27. The largest absolute Gasteiger partial charge is 0.354 e. The van der Waals surface area contributed by atoms with Crippen molar-refractivity contribution in [1.82, 2.24) is 29.9 Å². The SMILES string of the molecule is O=C1NCC12CN(S(=O)(=O)CCS(=O)(=O)N1C3(CCC14CNC4=O)CNC3=O)C1(CNC1=O)C2. The van der Waals surface area contributed by atoms with Crippen LogP contribution in [0.1, 0.15) is 19.3 Å². The molecule has 6 heterocycles. The third kappa shape index (κ3) is 2.41. The fourth-order valence-electron chi connectivity index (χ4n) is 6.32. The van der Waals surface area contributed by atoms with Crippen molar-refractivity contribution in [3.63, 3.8) is 0 Å². The molecule has 6 aliphatic rings. The molecule has 4 atom stereocenters. The Hall–Kier alpha value is -2.30. The summed E-state index contributed by atoms with van der Waals surface area (Å²) in [5, 5.41) is 10.2. The Balaban J connectivity index is 1.28. The fourth-order valence-corrected chi connectivity index (χ4v) is 11.1. The summed E-state index contributed by atoms with van der Waals surface area (Å²) in [6.45, 7) is 0.205. The van der Waals surface area contributed by atoms with Crippen LogP contribution < -0.4 is 21.3 Å². The van der Waals surface area contributed by atoms with E-state index >= 15 is 0 Å². The van der Waals surface area contributed by atoms with Gasteiger partial charge in [-0.2, -0.15) is 8.61 Å². The minimum atomic E-state index is -4.37. The van der Waals surface area contributed by atoms with Crippen LogP contribution in [0.5, 0.6) is 0 Å². The van der Waals surface area contributed by atoms with Gasteiger partial charge in [0.2, 0.25) is 43.7 Å². The van der Waals surface area contributed by atoms with Crippen LogP contribution in [-0.4, -0.2) is 110 Å². The third-order valence-electron chi connectivity index (χ3n) is 8.46. The van der Waals surface area contributed by atoms with Crippen LogP contribution in [0.2, 0.25) is 0 Å². The molecule has 0 radical (unpaired) electrons. The molecule has 4 spiro atoms. The molecule has 4 N–H and O–H groups in total. The predicted octanol–water partition coefficient (Wildman–Crippen LogP) is -4.83. The first-order valence-electron chi connectivity index (χ1n) is 11.0. The predicted molar refractivity (Wildman–Crippen MR) is 113 cm³/mol. The van der Waals surface area contributed by atoms with Crippen molar-refractivity contribution in [1.29, 1.82) is 0 Å². The topological polar surface area (TPSA) is 191 Å². The van der Waals surface area contributed by atoms with Crippen molar-refractivity contribution in [2.24, 2.45) is 5.41 Å². The van der Waals surface area contributed by atoms with E-state index in [1.165, 1.54) is 0 Å². The van der Waals surface area contributed by atoms with Gasteiger partial charge in [0.25, 0.3) is 0 Å². The second-order valence-corrected chi connectivity index (χ2v) is 14.1. The van der Waals surface area contributed by atoms with E-state index in [4.69, 9.17) is 0 Å². The number of carbonyl (C=O) groups is 4. The van der Waals surface area contributed by atoms with Crippen LogP contribution in [0.4, 0.5) is 0 Å². The monoisotopic (exact) mass is 516 g/mol. The molecule has 0 aliphatic carbocycles. The molecular formula is C18H24N6O8S2. The molecular weight excluding hydrogens is 492 g/mol. The number of amides is 4. The summed E-state index contributed by atoms with van der Waals surface area (Å²) in [5.41, 5.74) is -5.19. The number of nitrogens with one attached hydrogen (secondary N) is 4. The van der Waals surface area contributed by atoms with Crippen molar-refractivity contribution in [3.8, 4) is 0 Å². The van der Waals surface area contributed by atoms with Crippen molar-refractivity contribution in [3.05, 3.63) is 0 Å². The Morgan fingerprint density at radius 2 is 1.12 bits per heavy atom. The lowest BCUT2D eigenvalue weighted by atomic mass is 9.73. The Kier molecular flexibility index (Phi) is 4.09. The molecule has 34 heavy (non-hydrogen) atoms. The number of sulfonamides is 2. The number of β-lactam (4-membered cyclic amide) rings is 4. The van der Waals surface area contributed by atoms with Crippen LogP contribution in [0, 0.1) is 5.41 Å². The zero-order valence-corrected chi connectivity index (χ0v) is 19.7. The Morgan fingerprint density at radius 1 is 0.647 bits per heavy atom. The number of hydrogen-bond donors (Lipinski definition) is 4. The maximum atomic E-state index is 13.5. The standard InChI is InChI=1S/C18H24N6O8S2/c25-11-15(6-19-11)5-18(9-22-14(18)28)23(10-15)33(29,30)3-4-34(31,32)24-16(7-20-12(16)26)1-2-17(24)8-21-13(17)27/h1-10H2,(H,19,25)(H,20,26)(H,21,27)(H,22,28). The molecule has 16 heteroatoms. The van der Waals surface area contributed by atoms with Gasteiger partial charge in [-0.3, -0.25) is 19.2 Å². The number of nitrogens with zero attached hydrogens (tertiary/aromatic N) is 2. The molecule has 6 fully saturated rings. The molecule has 14 nitrogen and oxygen atoms in total. The molecule has 0 bridgehead atoms. The molecule has 4 amide bonds. The highest BCUT2D eigenvalue weighted by molar-refractivity contribution is 7.93. The third-order valence-corrected chi connectivity index (χ3v) is 12.6. The zero-order valence-electron chi connectivity index (χ0n) is 18.0. The summed E-state index contributed by atoms with van der Waals surface area (Å²) in [5.74, 6) is -3.54. The van der Waals surface area contributed by atoms with E-state index in [1.807, 2.05) is 0 Å². The van der Waals surface area contributed by atoms with E-state index in [0.29, 0.717) is 0 Å². The van der Waals surface area contributed by atoms with Gasteiger partial charge >= 0.3 is 0 Å². The van der Waals surface area contributed by atoms with Gasteiger partial charge in [-0.05, 0) is 19.3 Å². The van der Waals surface area contributed by atoms with Crippen LogP contribution >= 0.6 is 0 Å². The van der Waals surface area contributed by atoms with Crippen molar-refractivity contribution in [2.75, 3.05) is 44.2 Å². The van der Waals surface area contributed by atoms with Crippen molar-refractivity contribution in [2.45, 2.75) is 35.9 Å². The highest BCUT2D eigenvalue weighted by atomic mass is 32.2. The van der Waals surface area contributed by atoms with Crippen molar-refractivity contribution < 1.29 is 36.0 Å². The van der Waals surface area contributed by atoms with E-state index in [0.717, 1.165) is 8.61 Å². The molecule has 0 aromatic carbocycles. The Labute approximate surface area is 195 Å². The second-order valence-electron chi connectivity index (χ2n) is 10.2. The first kappa shape index (κ1) is 22.2. The minimum Gasteiger partial charge on any atom is -0.354 e. The van der Waals surface area contributed by atoms with Crippen LogP contribution in [0.3, 0.4) is 0 Å². The van der Waals surface area contributed by atoms with Gasteiger partial charge < -0.3 is 21.3 Å². The van der Waals surface area contributed by atoms with Gasteiger partial charge in [-0.15, -0.1) is 0 Å². The molecule has 0 aromatic heterocycles. The number of hydrogen-bond acceptors (Lipinski definition) is 8. The summed E-state index contributed by atoms with van der Waals surface area (Å²) in [6, 6.07) is 0. The summed E-state index contributed by atoms with van der Waals surface area (Å²) in [7, 11) is -8.66. The Morgan fingerprint density at radius 3 is 1.47 bits per heavy atom. The van der Waals surface area contributed by atoms with Gasteiger partial charge in [0.05, 0.1) is 16.9 Å². The van der Waals surface area contributed by atoms with Gasteiger partial charge in [0, 0.05) is 32.7 Å². The Bertz CT molecular complexity index is 1250. The van der Waals surface area contributed by atoms with E-state index in [1.54, 1.807) is 0 Å². The minimum absolute atomic E-state index is 0.0440. The first-order valence-corrected chi connectivity index (χ1v) is 14.2. The molecule has 0 saturated carbocycles. The average molecular weight is 517 g/mol. The molecule has 186 valence electrons. The highest BCUT2D eigenvalue weighted by Crippen LogP contribution is 2.50. The van der Waals surface area contributed by atoms with Gasteiger partial charge in [0.1, 0.15) is 16.6 Å². The lowest BCUT2D eigenvalue weighted by Gasteiger charge is -2.51. The maximum absolute atomic E-state index is 13.5. The summed E-state index contributed by atoms with van der Waals surface area (Å²) >= 11 is 0. The summed E-state index contributed by atoms with van der Waals surface area (Å²) in [6.07, 6.45) is 0.388. The summed E-state index contributed by atoms with van der Waals surface area (Å²) in [4.78, 5) is 49.4. The van der Waals surface area contributed by atoms with Gasteiger partial charge in [-0.1, -0.05) is 0 Å². The van der Waals surface area contributed by atoms with Crippen LogP contribution in [0.15, 0.2) is 0 Å². The smallest absolute Gasteiger partial charge is 0.243 e. The fraction of sp³-hybridized carbons (Fsp3) is 0.778. The average Bonchev–Trinajstić information content (AvgIpc) is 3.40. The van der Waals surface area contributed by atoms with E-state index in [-0.39, 0.29) is 57.9 Å². The number of rotatable bonds is 5. The summed E-state index contributed by atoms with van der Waals surface area (Å²) < 4.78 is 55.7. The zero-order chi connectivity index (χ0) is 24.4. The lowest BCUT2D eigenvalue weighted by molar-refractivity contribution is -0.147.